The molecule has 1 N–H and O–H groups in total. The molecule has 0 aliphatic heterocycles. The molecule has 0 spiro atoms. The predicted octanol–water partition coefficient (Wildman–Crippen LogP) is 4.16. The molecule has 1 heterocycles. The number of anilines is 1. The Balaban J connectivity index is 1.46. The number of carbonyl (C=O) groups is 1. The van der Waals surface area contributed by atoms with Gasteiger partial charge >= 0.3 is 0 Å². The van der Waals surface area contributed by atoms with Gasteiger partial charge in [0.15, 0.2) is 0 Å². The first-order valence-corrected chi connectivity index (χ1v) is 7.77. The second kappa shape index (κ2) is 5.51. The van der Waals surface area contributed by atoms with Crippen molar-refractivity contribution < 1.29 is 4.79 Å². The Morgan fingerprint density at radius 1 is 1.09 bits per heavy atom. The average molecular weight is 301 g/mol. The van der Waals surface area contributed by atoms with Crippen molar-refractivity contribution in [2.24, 2.45) is 5.92 Å². The lowest BCUT2D eigenvalue weighted by molar-refractivity contribution is -0.117. The molecule has 4 rings (SSSR count). The molecule has 113 valence electrons. The summed E-state index contributed by atoms with van der Waals surface area (Å²) in [6.07, 6.45) is 4.50. The number of hydrogen-bond donors (Lipinski definition) is 1. The second-order valence-electron chi connectivity index (χ2n) is 6.12. The lowest BCUT2D eigenvalue weighted by Gasteiger charge is -2.06. The first-order chi connectivity index (χ1) is 11.2. The number of benzene rings is 2. The Labute approximate surface area is 135 Å². The van der Waals surface area contributed by atoms with Gasteiger partial charge in [0.1, 0.15) is 0 Å². The SMILES string of the molecule is [CH2]c1ccc(C2CC2C(=O)Nc2ccc3cnccc3c2)cc1. The van der Waals surface area contributed by atoms with E-state index in [4.69, 9.17) is 0 Å². The number of pyridine rings is 1. The molecule has 23 heavy (non-hydrogen) atoms. The van der Waals surface area contributed by atoms with Crippen LogP contribution in [0.3, 0.4) is 0 Å². The molecule has 0 saturated heterocycles. The number of rotatable bonds is 3. The summed E-state index contributed by atoms with van der Waals surface area (Å²) >= 11 is 0. The highest BCUT2D eigenvalue weighted by Gasteiger charge is 2.43. The number of nitrogens with zero attached hydrogens (tertiary/aromatic N) is 1. The Hall–Kier alpha value is -2.68. The van der Waals surface area contributed by atoms with Crippen LogP contribution in [0.15, 0.2) is 60.9 Å². The molecule has 3 aromatic rings. The third kappa shape index (κ3) is 2.82. The number of amides is 1. The van der Waals surface area contributed by atoms with E-state index in [2.05, 4.69) is 29.4 Å². The predicted molar refractivity (Wildman–Crippen MR) is 92.1 cm³/mol. The zero-order chi connectivity index (χ0) is 15.8. The molecule has 1 aliphatic carbocycles. The summed E-state index contributed by atoms with van der Waals surface area (Å²) in [5, 5.41) is 5.19. The lowest BCUT2D eigenvalue weighted by atomic mass is 10.1. The molecule has 0 bridgehead atoms. The van der Waals surface area contributed by atoms with Gasteiger partial charge in [-0.15, -0.1) is 0 Å². The zero-order valence-electron chi connectivity index (χ0n) is 12.7. The standard InChI is InChI=1S/C20H17N2O/c1-13-2-4-14(5-3-13)18-11-19(18)20(23)22-17-7-6-16-12-21-9-8-15(16)10-17/h2-10,12,18-19H,1,11H2,(H,22,23). The number of nitrogens with one attached hydrogen (secondary N) is 1. The first kappa shape index (κ1) is 13.9. The van der Waals surface area contributed by atoms with Crippen LogP contribution in [0, 0.1) is 12.8 Å². The molecule has 1 radical (unpaired) electrons. The van der Waals surface area contributed by atoms with Gasteiger partial charge in [0.05, 0.1) is 0 Å². The zero-order valence-corrected chi connectivity index (χ0v) is 12.7. The third-order valence-electron chi connectivity index (χ3n) is 4.44. The van der Waals surface area contributed by atoms with Crippen LogP contribution in [0.25, 0.3) is 10.8 Å². The summed E-state index contributed by atoms with van der Waals surface area (Å²) in [4.78, 5) is 16.5. The molecule has 3 heteroatoms. The molecular weight excluding hydrogens is 284 g/mol. The van der Waals surface area contributed by atoms with Gasteiger partial charge in [-0.1, -0.05) is 30.3 Å². The minimum atomic E-state index is 0.0683. The molecule has 1 saturated carbocycles. The highest BCUT2D eigenvalue weighted by atomic mass is 16.2. The average Bonchev–Trinajstić information content (AvgIpc) is 3.36. The van der Waals surface area contributed by atoms with Gasteiger partial charge in [-0.05, 0) is 54.0 Å². The van der Waals surface area contributed by atoms with E-state index in [9.17, 15) is 4.79 Å². The van der Waals surface area contributed by atoms with E-state index in [-0.39, 0.29) is 11.8 Å². The van der Waals surface area contributed by atoms with Crippen molar-refractivity contribution in [2.45, 2.75) is 12.3 Å². The van der Waals surface area contributed by atoms with E-state index in [1.165, 1.54) is 5.56 Å². The van der Waals surface area contributed by atoms with Gasteiger partial charge in [-0.25, -0.2) is 0 Å². The maximum absolute atomic E-state index is 12.4. The van der Waals surface area contributed by atoms with Crippen LogP contribution >= 0.6 is 0 Å². The largest absolute Gasteiger partial charge is 0.326 e. The molecule has 1 aliphatic rings. The molecule has 2 aromatic carbocycles. The summed E-state index contributed by atoms with van der Waals surface area (Å²) in [6, 6.07) is 16.0. The minimum absolute atomic E-state index is 0.0683. The van der Waals surface area contributed by atoms with Crippen molar-refractivity contribution >= 4 is 22.4 Å². The van der Waals surface area contributed by atoms with Crippen molar-refractivity contribution in [3.05, 3.63) is 79.0 Å². The van der Waals surface area contributed by atoms with E-state index in [0.29, 0.717) is 5.92 Å². The third-order valence-corrected chi connectivity index (χ3v) is 4.44. The van der Waals surface area contributed by atoms with Crippen LogP contribution in [0.4, 0.5) is 5.69 Å². The van der Waals surface area contributed by atoms with Gasteiger partial charge in [0, 0.05) is 29.4 Å². The quantitative estimate of drug-likeness (QED) is 0.789. The van der Waals surface area contributed by atoms with Crippen molar-refractivity contribution in [2.75, 3.05) is 5.32 Å². The molecule has 1 aromatic heterocycles. The fourth-order valence-electron chi connectivity index (χ4n) is 3.01. The summed E-state index contributed by atoms with van der Waals surface area (Å²) in [6.45, 7) is 3.89. The summed E-state index contributed by atoms with van der Waals surface area (Å²) in [5.74, 6) is 0.501. The number of aromatic nitrogens is 1. The first-order valence-electron chi connectivity index (χ1n) is 7.77. The van der Waals surface area contributed by atoms with Gasteiger partial charge in [-0.2, -0.15) is 0 Å². The Bertz CT molecular complexity index is 870. The Morgan fingerprint density at radius 3 is 2.74 bits per heavy atom. The van der Waals surface area contributed by atoms with Crippen LogP contribution in [0.2, 0.25) is 0 Å². The van der Waals surface area contributed by atoms with Crippen molar-refractivity contribution in [1.29, 1.82) is 0 Å². The van der Waals surface area contributed by atoms with Crippen LogP contribution in [-0.2, 0) is 4.79 Å². The van der Waals surface area contributed by atoms with Crippen LogP contribution in [0.5, 0.6) is 0 Å². The van der Waals surface area contributed by atoms with Crippen LogP contribution in [-0.4, -0.2) is 10.9 Å². The van der Waals surface area contributed by atoms with E-state index in [0.717, 1.165) is 28.4 Å². The van der Waals surface area contributed by atoms with E-state index in [1.807, 2.05) is 42.6 Å². The highest BCUT2D eigenvalue weighted by Crippen LogP contribution is 2.48. The Kier molecular flexibility index (Phi) is 3.34. The van der Waals surface area contributed by atoms with Crippen molar-refractivity contribution in [1.82, 2.24) is 4.98 Å². The normalized spacial score (nSPS) is 19.5. The molecule has 3 nitrogen and oxygen atoms in total. The van der Waals surface area contributed by atoms with Crippen LogP contribution in [0.1, 0.15) is 23.5 Å². The van der Waals surface area contributed by atoms with E-state index >= 15 is 0 Å². The number of fused-ring (bicyclic) bond motifs is 1. The summed E-state index contributed by atoms with van der Waals surface area (Å²) < 4.78 is 0. The fraction of sp³-hybridized carbons (Fsp3) is 0.150. The molecule has 2 atom stereocenters. The fourth-order valence-corrected chi connectivity index (χ4v) is 3.01. The Morgan fingerprint density at radius 2 is 1.91 bits per heavy atom. The summed E-state index contributed by atoms with van der Waals surface area (Å²) in [5.41, 5.74) is 3.07. The van der Waals surface area contributed by atoms with Crippen molar-refractivity contribution in [3.63, 3.8) is 0 Å². The number of hydrogen-bond acceptors (Lipinski definition) is 2. The smallest absolute Gasteiger partial charge is 0.228 e. The van der Waals surface area contributed by atoms with Gasteiger partial charge in [0.25, 0.3) is 0 Å². The van der Waals surface area contributed by atoms with Crippen LogP contribution < -0.4 is 5.32 Å². The maximum atomic E-state index is 12.4. The molecule has 2 unspecified atom stereocenters. The minimum Gasteiger partial charge on any atom is -0.326 e. The lowest BCUT2D eigenvalue weighted by Crippen LogP contribution is -2.14. The van der Waals surface area contributed by atoms with Gasteiger partial charge in [-0.3, -0.25) is 9.78 Å². The van der Waals surface area contributed by atoms with Gasteiger partial charge in [0.2, 0.25) is 5.91 Å². The second-order valence-corrected chi connectivity index (χ2v) is 6.12. The van der Waals surface area contributed by atoms with E-state index in [1.54, 1.807) is 6.20 Å². The van der Waals surface area contributed by atoms with Gasteiger partial charge < -0.3 is 5.32 Å². The summed E-state index contributed by atoms with van der Waals surface area (Å²) in [7, 11) is 0. The maximum Gasteiger partial charge on any atom is 0.228 e. The van der Waals surface area contributed by atoms with E-state index < -0.39 is 0 Å². The monoisotopic (exact) mass is 301 g/mol. The highest BCUT2D eigenvalue weighted by molar-refractivity contribution is 5.97. The molecular formula is C20H17N2O. The van der Waals surface area contributed by atoms with Crippen molar-refractivity contribution in [3.8, 4) is 0 Å². The molecule has 1 amide bonds. The number of carbonyl (C=O) groups excluding carboxylic acids is 1. The molecule has 1 fully saturated rings. The topological polar surface area (TPSA) is 42.0 Å².